The van der Waals surface area contributed by atoms with Crippen molar-refractivity contribution < 1.29 is 14.6 Å². The Morgan fingerprint density at radius 1 is 1.14 bits per heavy atom. The number of ether oxygens (including phenoxy) is 1. The number of pyridine rings is 1. The Bertz CT molecular complexity index is 1450. The van der Waals surface area contributed by atoms with E-state index in [0.29, 0.717) is 54.3 Å². The first-order valence-electron chi connectivity index (χ1n) is 12.0. The number of piperazine rings is 1. The topological polar surface area (TPSA) is 108 Å². The van der Waals surface area contributed by atoms with Crippen molar-refractivity contribution in [1.82, 2.24) is 24.3 Å². The van der Waals surface area contributed by atoms with Gasteiger partial charge in [0.15, 0.2) is 0 Å². The molecule has 1 fully saturated rings. The lowest BCUT2D eigenvalue weighted by Crippen LogP contribution is -2.51. The molecule has 0 aliphatic carbocycles. The zero-order valence-corrected chi connectivity index (χ0v) is 21.6. The van der Waals surface area contributed by atoms with E-state index in [2.05, 4.69) is 25.2 Å². The summed E-state index contributed by atoms with van der Waals surface area (Å²) in [6.07, 6.45) is 4.27. The molecule has 1 amide bonds. The summed E-state index contributed by atoms with van der Waals surface area (Å²) in [5.41, 5.74) is 4.94. The van der Waals surface area contributed by atoms with Crippen LogP contribution in [-0.4, -0.2) is 74.7 Å². The second kappa shape index (κ2) is 10.2. The number of nitrogens with one attached hydrogen (secondary N) is 1. The molecular formula is C26H28ClN7O3. The van der Waals surface area contributed by atoms with Gasteiger partial charge >= 0.3 is 0 Å². The fraction of sp³-hybridized carbons (Fsp3) is 0.308. The highest BCUT2D eigenvalue weighted by molar-refractivity contribution is 6.32. The van der Waals surface area contributed by atoms with Gasteiger partial charge in [0.1, 0.15) is 23.2 Å². The van der Waals surface area contributed by atoms with Crippen LogP contribution in [0.1, 0.15) is 12.5 Å². The number of methoxy groups -OCH3 is 1. The van der Waals surface area contributed by atoms with E-state index in [4.69, 9.17) is 16.3 Å². The van der Waals surface area contributed by atoms with Crippen molar-refractivity contribution in [3.63, 3.8) is 0 Å². The third-order valence-corrected chi connectivity index (χ3v) is 6.68. The van der Waals surface area contributed by atoms with Crippen LogP contribution in [0.5, 0.6) is 5.75 Å². The highest BCUT2D eigenvalue weighted by atomic mass is 35.5. The molecule has 3 aromatic heterocycles. The monoisotopic (exact) mass is 521 g/mol. The van der Waals surface area contributed by atoms with E-state index >= 15 is 0 Å². The molecule has 0 saturated carbocycles. The first-order chi connectivity index (χ1) is 17.8. The zero-order chi connectivity index (χ0) is 26.1. The number of halogens is 1. The van der Waals surface area contributed by atoms with Crippen molar-refractivity contribution in [1.29, 1.82) is 0 Å². The van der Waals surface area contributed by atoms with Crippen molar-refractivity contribution >= 4 is 40.5 Å². The largest absolute Gasteiger partial charge is 0.494 e. The number of rotatable bonds is 6. The molecule has 1 aromatic carbocycles. The van der Waals surface area contributed by atoms with Gasteiger partial charge in [0.2, 0.25) is 5.95 Å². The van der Waals surface area contributed by atoms with Gasteiger partial charge in [-0.1, -0.05) is 11.6 Å². The number of anilines is 3. The van der Waals surface area contributed by atoms with Crippen LogP contribution in [0.25, 0.3) is 17.0 Å². The van der Waals surface area contributed by atoms with Crippen LogP contribution in [0.15, 0.2) is 48.9 Å². The number of aromatic nitrogens is 4. The van der Waals surface area contributed by atoms with E-state index in [-0.39, 0.29) is 5.91 Å². The first-order valence-corrected chi connectivity index (χ1v) is 12.4. The van der Waals surface area contributed by atoms with Gasteiger partial charge in [-0.2, -0.15) is 0 Å². The van der Waals surface area contributed by atoms with Crippen LogP contribution in [0.2, 0.25) is 5.02 Å². The Morgan fingerprint density at radius 3 is 2.65 bits per heavy atom. The Kier molecular flexibility index (Phi) is 6.86. The van der Waals surface area contributed by atoms with Gasteiger partial charge in [0.05, 0.1) is 35.9 Å². The molecule has 1 aliphatic heterocycles. The lowest BCUT2D eigenvalue weighted by atomic mass is 10.2. The predicted molar refractivity (Wildman–Crippen MR) is 143 cm³/mol. The number of amides is 1. The van der Waals surface area contributed by atoms with Gasteiger partial charge in [-0.05, 0) is 43.7 Å². The quantitative estimate of drug-likeness (QED) is 0.397. The molecule has 0 spiro atoms. The summed E-state index contributed by atoms with van der Waals surface area (Å²) in [6, 6.07) is 9.84. The SMILES string of the molecule is COc1cc(N2CCN(C(=O)[C@@H](C)O)CC2)ccc1Nc1ncc(Cl)c(-c2cnc3cc(C)ccn23)n1. The van der Waals surface area contributed by atoms with Gasteiger partial charge in [-0.3, -0.25) is 9.20 Å². The molecule has 11 heteroatoms. The summed E-state index contributed by atoms with van der Waals surface area (Å²) in [7, 11) is 1.61. The van der Waals surface area contributed by atoms with Crippen LogP contribution >= 0.6 is 11.6 Å². The van der Waals surface area contributed by atoms with Gasteiger partial charge in [-0.25, -0.2) is 15.0 Å². The number of hydrogen-bond acceptors (Lipinski definition) is 8. The minimum absolute atomic E-state index is 0.238. The van der Waals surface area contributed by atoms with E-state index in [0.717, 1.165) is 22.6 Å². The lowest BCUT2D eigenvalue weighted by molar-refractivity contribution is -0.139. The minimum Gasteiger partial charge on any atom is -0.494 e. The van der Waals surface area contributed by atoms with E-state index in [1.165, 1.54) is 6.92 Å². The second-order valence-corrected chi connectivity index (χ2v) is 9.37. The molecule has 1 atom stereocenters. The highest BCUT2D eigenvalue weighted by Gasteiger charge is 2.24. The summed E-state index contributed by atoms with van der Waals surface area (Å²) in [5.74, 6) is 0.765. The summed E-state index contributed by atoms with van der Waals surface area (Å²) in [4.78, 5) is 29.4. The smallest absolute Gasteiger partial charge is 0.251 e. The molecular weight excluding hydrogens is 494 g/mol. The van der Waals surface area contributed by atoms with Crippen LogP contribution in [0.4, 0.5) is 17.3 Å². The van der Waals surface area contributed by atoms with E-state index in [1.54, 1.807) is 24.4 Å². The van der Waals surface area contributed by atoms with Crippen molar-refractivity contribution in [2.45, 2.75) is 20.0 Å². The Balaban J connectivity index is 1.36. The maximum absolute atomic E-state index is 12.1. The van der Waals surface area contributed by atoms with Gasteiger partial charge in [0.25, 0.3) is 5.91 Å². The van der Waals surface area contributed by atoms with Crippen molar-refractivity contribution in [2.24, 2.45) is 0 Å². The molecule has 0 bridgehead atoms. The number of nitrogens with zero attached hydrogens (tertiary/aromatic N) is 6. The maximum Gasteiger partial charge on any atom is 0.251 e. The van der Waals surface area contributed by atoms with Crippen molar-refractivity contribution in [3.8, 4) is 17.1 Å². The lowest BCUT2D eigenvalue weighted by Gasteiger charge is -2.36. The molecule has 2 N–H and O–H groups in total. The van der Waals surface area contributed by atoms with E-state index < -0.39 is 6.10 Å². The Labute approximate surface area is 219 Å². The van der Waals surface area contributed by atoms with Crippen LogP contribution in [0.3, 0.4) is 0 Å². The molecule has 0 radical (unpaired) electrons. The average Bonchev–Trinajstić information content (AvgIpc) is 3.32. The van der Waals surface area contributed by atoms with Crippen LogP contribution < -0.4 is 15.0 Å². The fourth-order valence-electron chi connectivity index (χ4n) is 4.41. The Hall–Kier alpha value is -3.89. The number of fused-ring (bicyclic) bond motifs is 1. The van der Waals surface area contributed by atoms with Gasteiger partial charge < -0.3 is 25.0 Å². The molecule has 1 aliphatic rings. The van der Waals surface area contributed by atoms with Crippen LogP contribution in [0, 0.1) is 6.92 Å². The summed E-state index contributed by atoms with van der Waals surface area (Å²) in [6.45, 7) is 5.95. The molecule has 37 heavy (non-hydrogen) atoms. The van der Waals surface area contributed by atoms with Gasteiger partial charge in [0, 0.05) is 44.1 Å². The number of aliphatic hydroxyl groups is 1. The molecule has 4 aromatic rings. The Morgan fingerprint density at radius 2 is 1.92 bits per heavy atom. The van der Waals surface area contributed by atoms with Crippen molar-refractivity contribution in [3.05, 3.63) is 59.5 Å². The standard InChI is InChI=1S/C26H28ClN7O3/c1-16-6-7-34-21(15-28-23(34)12-16)24-19(27)14-29-26(31-24)30-20-5-4-18(13-22(20)37-3)32-8-10-33(11-9-32)25(36)17(2)35/h4-7,12-15,17,35H,8-11H2,1-3H3,(H,29,30,31)/t17-/m1/s1. The second-order valence-electron chi connectivity index (χ2n) is 8.96. The molecule has 4 heterocycles. The molecule has 10 nitrogen and oxygen atoms in total. The normalized spacial score (nSPS) is 14.6. The summed E-state index contributed by atoms with van der Waals surface area (Å²) in [5, 5.41) is 13.2. The summed E-state index contributed by atoms with van der Waals surface area (Å²) >= 11 is 6.47. The summed E-state index contributed by atoms with van der Waals surface area (Å²) < 4.78 is 7.59. The maximum atomic E-state index is 12.1. The van der Waals surface area contributed by atoms with E-state index in [9.17, 15) is 9.90 Å². The average molecular weight is 522 g/mol. The number of benzene rings is 1. The number of aryl methyl sites for hydroxylation is 1. The number of imidazole rings is 1. The third kappa shape index (κ3) is 5.03. The number of carbonyl (C=O) groups excluding carboxylic acids is 1. The fourth-order valence-corrected chi connectivity index (χ4v) is 4.60. The molecule has 192 valence electrons. The minimum atomic E-state index is -0.982. The third-order valence-electron chi connectivity index (χ3n) is 6.40. The predicted octanol–water partition coefficient (Wildman–Crippen LogP) is 3.53. The number of carbonyl (C=O) groups is 1. The molecule has 1 saturated heterocycles. The first kappa shape index (κ1) is 24.8. The molecule has 5 rings (SSSR count). The molecule has 0 unspecified atom stereocenters. The van der Waals surface area contributed by atoms with E-state index in [1.807, 2.05) is 47.9 Å². The highest BCUT2D eigenvalue weighted by Crippen LogP contribution is 2.33. The number of hydrogen-bond donors (Lipinski definition) is 2. The van der Waals surface area contributed by atoms with Crippen LogP contribution in [-0.2, 0) is 4.79 Å². The number of aliphatic hydroxyl groups excluding tert-OH is 1. The zero-order valence-electron chi connectivity index (χ0n) is 20.8. The van der Waals surface area contributed by atoms with Crippen molar-refractivity contribution in [2.75, 3.05) is 43.5 Å². The van der Waals surface area contributed by atoms with Gasteiger partial charge in [-0.15, -0.1) is 0 Å².